The molecule has 1 amide bonds. The predicted octanol–water partition coefficient (Wildman–Crippen LogP) is 5.29. The van der Waals surface area contributed by atoms with Crippen molar-refractivity contribution in [2.75, 3.05) is 24.6 Å². The van der Waals surface area contributed by atoms with Crippen molar-refractivity contribution in [3.05, 3.63) is 88.5 Å². The zero-order chi connectivity index (χ0) is 28.0. The van der Waals surface area contributed by atoms with Gasteiger partial charge in [0.1, 0.15) is 23.2 Å². The minimum absolute atomic E-state index is 0.0415. The third kappa shape index (κ3) is 6.59. The van der Waals surface area contributed by atoms with E-state index in [4.69, 9.17) is 32.7 Å². The molecule has 202 valence electrons. The van der Waals surface area contributed by atoms with Crippen LogP contribution in [0.15, 0.2) is 82.8 Å². The Morgan fingerprint density at radius 1 is 1.08 bits per heavy atom. The second-order valence-corrected chi connectivity index (χ2v) is 10.7. The Labute approximate surface area is 236 Å². The van der Waals surface area contributed by atoms with E-state index in [1.165, 1.54) is 30.5 Å². The van der Waals surface area contributed by atoms with Crippen LogP contribution in [0.3, 0.4) is 0 Å². The molecular formula is C27H24Cl2N4O5S. The number of anilines is 1. The number of nitrogens with one attached hydrogen (secondary N) is 1. The van der Waals surface area contributed by atoms with Gasteiger partial charge in [0.25, 0.3) is 15.9 Å². The molecule has 0 saturated heterocycles. The van der Waals surface area contributed by atoms with Gasteiger partial charge in [-0.1, -0.05) is 35.3 Å². The largest absolute Gasteiger partial charge is 0.497 e. The molecule has 1 aromatic heterocycles. The smallest absolute Gasteiger partial charge is 0.264 e. The van der Waals surface area contributed by atoms with Crippen LogP contribution in [-0.2, 0) is 14.8 Å². The molecule has 3 aromatic carbocycles. The fourth-order valence-corrected chi connectivity index (χ4v) is 5.42. The fraction of sp³-hybridized carbons (Fsp3) is 0.148. The molecule has 0 bridgehead atoms. The molecule has 0 unspecified atom stereocenters. The Balaban J connectivity index is 1.59. The molecule has 12 heteroatoms. The van der Waals surface area contributed by atoms with Crippen LogP contribution in [0, 0.1) is 0 Å². The number of pyridine rings is 1. The van der Waals surface area contributed by atoms with Gasteiger partial charge in [0.15, 0.2) is 0 Å². The lowest BCUT2D eigenvalue weighted by molar-refractivity contribution is -0.119. The van der Waals surface area contributed by atoms with Crippen molar-refractivity contribution in [2.45, 2.75) is 11.8 Å². The van der Waals surface area contributed by atoms with Crippen LogP contribution in [0.2, 0.25) is 10.2 Å². The van der Waals surface area contributed by atoms with Crippen molar-refractivity contribution >= 4 is 61.9 Å². The number of amides is 1. The summed E-state index contributed by atoms with van der Waals surface area (Å²) < 4.78 is 39.0. The summed E-state index contributed by atoms with van der Waals surface area (Å²) in [5.74, 6) is 0.257. The number of halogens is 2. The highest BCUT2D eigenvalue weighted by molar-refractivity contribution is 7.92. The van der Waals surface area contributed by atoms with Gasteiger partial charge in [-0.15, -0.1) is 0 Å². The summed E-state index contributed by atoms with van der Waals surface area (Å²) in [6.07, 6.45) is 1.34. The second-order valence-electron chi connectivity index (χ2n) is 8.09. The lowest BCUT2D eigenvalue weighted by Gasteiger charge is -2.25. The van der Waals surface area contributed by atoms with Crippen molar-refractivity contribution in [1.82, 2.24) is 10.4 Å². The number of rotatable bonds is 10. The van der Waals surface area contributed by atoms with Gasteiger partial charge in [0.05, 0.1) is 36.0 Å². The fourth-order valence-electron chi connectivity index (χ4n) is 3.67. The molecule has 1 heterocycles. The first-order valence-corrected chi connectivity index (χ1v) is 13.9. The Kier molecular flexibility index (Phi) is 8.90. The summed E-state index contributed by atoms with van der Waals surface area (Å²) in [6, 6.07) is 19.3. The maximum atomic E-state index is 13.6. The first-order chi connectivity index (χ1) is 18.7. The molecule has 0 aliphatic rings. The van der Waals surface area contributed by atoms with E-state index < -0.39 is 22.5 Å². The molecule has 39 heavy (non-hydrogen) atoms. The normalized spacial score (nSPS) is 11.5. The van der Waals surface area contributed by atoms with Crippen LogP contribution in [0.4, 0.5) is 5.69 Å². The van der Waals surface area contributed by atoms with Gasteiger partial charge in [-0.05, 0) is 61.5 Å². The van der Waals surface area contributed by atoms with E-state index in [9.17, 15) is 13.2 Å². The molecule has 9 nitrogen and oxygen atoms in total. The number of carbonyl (C=O) groups is 1. The maximum absolute atomic E-state index is 13.6. The third-order valence-corrected chi connectivity index (χ3v) is 7.85. The molecule has 0 fully saturated rings. The molecule has 4 aromatic rings. The van der Waals surface area contributed by atoms with E-state index in [-0.39, 0.29) is 15.7 Å². The average molecular weight is 587 g/mol. The monoisotopic (exact) mass is 586 g/mol. The minimum Gasteiger partial charge on any atom is -0.497 e. The van der Waals surface area contributed by atoms with E-state index in [0.717, 1.165) is 9.69 Å². The van der Waals surface area contributed by atoms with Crippen LogP contribution in [0.5, 0.6) is 11.5 Å². The summed E-state index contributed by atoms with van der Waals surface area (Å²) in [5, 5.41) is 5.31. The average Bonchev–Trinajstić information content (AvgIpc) is 2.92. The van der Waals surface area contributed by atoms with Crippen LogP contribution < -0.4 is 19.2 Å². The second kappa shape index (κ2) is 12.3. The standard InChI is InChI=1S/C27H24Cl2N4O5S/c1-3-38-25-7-5-4-6-24(25)33(39(35,36)22-12-9-20(28)10-13-22)17-26(34)32-30-16-19-14-18-8-11-21(37-2)15-23(18)31-27(19)29/h4-16H,3,17H2,1-2H3,(H,32,34)/b30-16-. The van der Waals surface area contributed by atoms with Crippen LogP contribution in [0.1, 0.15) is 12.5 Å². The number of hydrazone groups is 1. The maximum Gasteiger partial charge on any atom is 0.264 e. The third-order valence-electron chi connectivity index (χ3n) is 5.52. The molecule has 0 saturated carbocycles. The molecule has 4 rings (SSSR count). The first-order valence-electron chi connectivity index (χ1n) is 11.7. The number of fused-ring (bicyclic) bond motifs is 1. The highest BCUT2D eigenvalue weighted by Gasteiger charge is 2.29. The number of methoxy groups -OCH3 is 1. The van der Waals surface area contributed by atoms with Gasteiger partial charge >= 0.3 is 0 Å². The van der Waals surface area contributed by atoms with Crippen molar-refractivity contribution in [1.29, 1.82) is 0 Å². The van der Waals surface area contributed by atoms with Crippen molar-refractivity contribution in [3.8, 4) is 11.5 Å². The van der Waals surface area contributed by atoms with Gasteiger partial charge in [0.2, 0.25) is 0 Å². The van der Waals surface area contributed by atoms with E-state index in [1.54, 1.807) is 56.5 Å². The Hall–Kier alpha value is -3.86. The number of sulfonamides is 1. The van der Waals surface area contributed by atoms with Crippen LogP contribution in [-0.4, -0.2) is 45.8 Å². The van der Waals surface area contributed by atoms with Gasteiger partial charge in [0, 0.05) is 22.0 Å². The molecule has 0 radical (unpaired) electrons. The van der Waals surface area contributed by atoms with E-state index >= 15 is 0 Å². The highest BCUT2D eigenvalue weighted by atomic mass is 35.5. The zero-order valence-corrected chi connectivity index (χ0v) is 23.3. The molecule has 1 N–H and O–H groups in total. The number of carbonyl (C=O) groups excluding carboxylic acids is 1. The molecule has 0 aliphatic carbocycles. The van der Waals surface area contributed by atoms with E-state index in [0.29, 0.717) is 34.2 Å². The topological polar surface area (TPSA) is 110 Å². The number of hydrogen-bond acceptors (Lipinski definition) is 7. The summed E-state index contributed by atoms with van der Waals surface area (Å²) in [5.41, 5.74) is 3.66. The van der Waals surface area contributed by atoms with Crippen LogP contribution in [0.25, 0.3) is 10.9 Å². The number of para-hydroxylation sites is 2. The molecule has 0 aliphatic heterocycles. The van der Waals surface area contributed by atoms with Gasteiger partial charge < -0.3 is 9.47 Å². The molecular weight excluding hydrogens is 563 g/mol. The summed E-state index contributed by atoms with van der Waals surface area (Å²) in [6.45, 7) is 1.51. The van der Waals surface area contributed by atoms with Gasteiger partial charge in [-0.2, -0.15) is 5.10 Å². The Morgan fingerprint density at radius 2 is 1.82 bits per heavy atom. The van der Waals surface area contributed by atoms with Crippen molar-refractivity contribution in [3.63, 3.8) is 0 Å². The summed E-state index contributed by atoms with van der Waals surface area (Å²) in [4.78, 5) is 17.2. The Morgan fingerprint density at radius 3 is 2.54 bits per heavy atom. The zero-order valence-electron chi connectivity index (χ0n) is 21.0. The quantitative estimate of drug-likeness (QED) is 0.153. The summed E-state index contributed by atoms with van der Waals surface area (Å²) >= 11 is 12.2. The number of aromatic nitrogens is 1. The molecule has 0 atom stereocenters. The number of hydrogen-bond donors (Lipinski definition) is 1. The predicted molar refractivity (Wildman–Crippen MR) is 153 cm³/mol. The number of nitrogens with zero attached hydrogens (tertiary/aromatic N) is 3. The lowest BCUT2D eigenvalue weighted by Crippen LogP contribution is -2.39. The first kappa shape index (κ1) is 28.2. The number of ether oxygens (including phenoxy) is 2. The minimum atomic E-state index is -4.18. The number of benzene rings is 3. The van der Waals surface area contributed by atoms with E-state index in [2.05, 4.69) is 15.5 Å². The van der Waals surface area contributed by atoms with Crippen LogP contribution >= 0.6 is 23.2 Å². The van der Waals surface area contributed by atoms with Gasteiger partial charge in [-0.25, -0.2) is 18.8 Å². The highest BCUT2D eigenvalue weighted by Crippen LogP contribution is 2.32. The Bertz CT molecular complexity index is 1630. The SMILES string of the molecule is CCOc1ccccc1N(CC(=O)N/N=C\c1cc2ccc(OC)cc2nc1Cl)S(=O)(=O)c1ccc(Cl)cc1. The summed E-state index contributed by atoms with van der Waals surface area (Å²) in [7, 11) is -2.62. The van der Waals surface area contributed by atoms with Crippen molar-refractivity contribution < 1.29 is 22.7 Å². The van der Waals surface area contributed by atoms with E-state index in [1.807, 2.05) is 6.07 Å². The van der Waals surface area contributed by atoms with Crippen molar-refractivity contribution in [2.24, 2.45) is 5.10 Å². The molecule has 0 spiro atoms. The van der Waals surface area contributed by atoms with Gasteiger partial charge in [-0.3, -0.25) is 9.10 Å². The lowest BCUT2D eigenvalue weighted by atomic mass is 10.1.